The molecule has 28 heavy (non-hydrogen) atoms. The molecule has 0 amide bonds. The summed E-state index contributed by atoms with van der Waals surface area (Å²) >= 11 is 6.23. The lowest BCUT2D eigenvalue weighted by Gasteiger charge is -2.54. The predicted octanol–water partition coefficient (Wildman–Crippen LogP) is 4.69. The van der Waals surface area contributed by atoms with Gasteiger partial charge in [0.25, 0.3) is 0 Å². The molecule has 3 saturated carbocycles. The Morgan fingerprint density at radius 1 is 0.893 bits per heavy atom. The van der Waals surface area contributed by atoms with Gasteiger partial charge in [-0.3, -0.25) is 0 Å². The van der Waals surface area contributed by atoms with Crippen LogP contribution in [0.25, 0.3) is 10.9 Å². The number of halogens is 1. The van der Waals surface area contributed by atoms with Crippen molar-refractivity contribution in [1.29, 1.82) is 0 Å². The number of hydrogen-bond donors (Lipinski definition) is 2. The number of fused-ring (bicyclic) bond motifs is 4. The summed E-state index contributed by atoms with van der Waals surface area (Å²) < 4.78 is 0. The van der Waals surface area contributed by atoms with E-state index < -0.39 is 0 Å². The number of rotatable bonds is 5. The van der Waals surface area contributed by atoms with Crippen LogP contribution in [-0.2, 0) is 0 Å². The molecule has 6 rings (SSSR count). The highest BCUT2D eigenvalue weighted by atomic mass is 35.5. The highest BCUT2D eigenvalue weighted by molar-refractivity contribution is 6.33. The smallest absolute Gasteiger partial charge is 0.222 e. The van der Waals surface area contributed by atoms with E-state index in [4.69, 9.17) is 16.6 Å². The van der Waals surface area contributed by atoms with Crippen LogP contribution in [0.15, 0.2) is 42.9 Å². The van der Waals surface area contributed by atoms with E-state index in [0.29, 0.717) is 10.6 Å². The van der Waals surface area contributed by atoms with Gasteiger partial charge in [-0.25, -0.2) is 19.9 Å². The van der Waals surface area contributed by atoms with Crippen LogP contribution in [0.5, 0.6) is 0 Å². The molecular formula is C21H23ClN6. The van der Waals surface area contributed by atoms with Crippen molar-refractivity contribution >= 4 is 34.3 Å². The summed E-state index contributed by atoms with van der Waals surface area (Å²) in [6.07, 6.45) is 12.4. The van der Waals surface area contributed by atoms with Crippen molar-refractivity contribution in [3.05, 3.63) is 48.0 Å². The molecule has 0 radical (unpaired) electrons. The van der Waals surface area contributed by atoms with Gasteiger partial charge >= 0.3 is 0 Å². The zero-order valence-electron chi connectivity index (χ0n) is 15.7. The number of nitrogens with one attached hydrogen (secondary N) is 2. The van der Waals surface area contributed by atoms with Gasteiger partial charge in [0.2, 0.25) is 5.95 Å². The van der Waals surface area contributed by atoms with E-state index in [9.17, 15) is 0 Å². The topological polar surface area (TPSA) is 75.6 Å². The molecule has 0 aromatic carbocycles. The first kappa shape index (κ1) is 17.6. The molecule has 0 unspecified atom stereocenters. The molecule has 2 bridgehead atoms. The minimum atomic E-state index is 0.139. The van der Waals surface area contributed by atoms with Crippen LogP contribution in [0.3, 0.4) is 0 Å². The molecule has 0 saturated heterocycles. The summed E-state index contributed by atoms with van der Waals surface area (Å²) in [5.74, 6) is 1.62. The first-order chi connectivity index (χ1) is 13.7. The highest BCUT2D eigenvalue weighted by Gasteiger charge is 2.48. The van der Waals surface area contributed by atoms with Crippen molar-refractivity contribution in [3.63, 3.8) is 0 Å². The fourth-order valence-corrected chi connectivity index (χ4v) is 4.94. The normalized spacial score (nSPS) is 26.3. The van der Waals surface area contributed by atoms with Gasteiger partial charge in [0, 0.05) is 36.1 Å². The van der Waals surface area contributed by atoms with Gasteiger partial charge in [-0.15, -0.1) is 0 Å². The second kappa shape index (κ2) is 6.85. The Morgan fingerprint density at radius 2 is 1.64 bits per heavy atom. The van der Waals surface area contributed by atoms with Gasteiger partial charge in [0.15, 0.2) is 5.15 Å². The number of aromatic nitrogens is 4. The van der Waals surface area contributed by atoms with Crippen molar-refractivity contribution in [2.24, 2.45) is 5.41 Å². The van der Waals surface area contributed by atoms with Gasteiger partial charge in [-0.2, -0.15) is 0 Å². The van der Waals surface area contributed by atoms with Crippen LogP contribution in [0.2, 0.25) is 5.15 Å². The molecule has 0 aliphatic heterocycles. The molecule has 6 nitrogen and oxygen atoms in total. The van der Waals surface area contributed by atoms with Crippen LogP contribution >= 0.6 is 11.6 Å². The number of nitrogens with zero attached hydrogens (tertiary/aromatic N) is 4. The Bertz CT molecular complexity index is 968. The average molecular weight is 395 g/mol. The molecular weight excluding hydrogens is 372 g/mol. The van der Waals surface area contributed by atoms with Crippen molar-refractivity contribution < 1.29 is 0 Å². The number of pyridine rings is 2. The minimum Gasteiger partial charge on any atom is -0.365 e. The zero-order valence-corrected chi connectivity index (χ0v) is 16.4. The van der Waals surface area contributed by atoms with E-state index in [1.807, 2.05) is 12.1 Å². The summed E-state index contributed by atoms with van der Waals surface area (Å²) in [6, 6.07) is 7.90. The minimum absolute atomic E-state index is 0.139. The van der Waals surface area contributed by atoms with E-state index in [1.165, 1.54) is 19.3 Å². The van der Waals surface area contributed by atoms with Gasteiger partial charge < -0.3 is 10.6 Å². The monoisotopic (exact) mass is 394 g/mol. The lowest BCUT2D eigenvalue weighted by Crippen LogP contribution is -2.52. The predicted molar refractivity (Wildman–Crippen MR) is 112 cm³/mol. The van der Waals surface area contributed by atoms with Crippen molar-refractivity contribution in [3.8, 4) is 0 Å². The van der Waals surface area contributed by atoms with E-state index in [-0.39, 0.29) is 5.54 Å². The van der Waals surface area contributed by atoms with E-state index in [0.717, 1.165) is 48.5 Å². The Balaban J connectivity index is 1.27. The fraction of sp³-hybridized carbons (Fsp3) is 0.429. The first-order valence-corrected chi connectivity index (χ1v) is 10.2. The van der Waals surface area contributed by atoms with Crippen molar-refractivity contribution in [2.75, 3.05) is 17.2 Å². The number of anilines is 2. The summed E-state index contributed by atoms with van der Waals surface area (Å²) in [4.78, 5) is 17.5. The number of hydrogen-bond acceptors (Lipinski definition) is 6. The Morgan fingerprint density at radius 3 is 2.39 bits per heavy atom. The van der Waals surface area contributed by atoms with Gasteiger partial charge in [0.05, 0.1) is 0 Å². The van der Waals surface area contributed by atoms with Gasteiger partial charge in [-0.05, 0) is 68.2 Å². The third kappa shape index (κ3) is 3.26. The fourth-order valence-electron chi connectivity index (χ4n) is 4.73. The molecule has 2 N–H and O–H groups in total. The first-order valence-electron chi connectivity index (χ1n) is 9.86. The SMILES string of the molecule is Clc1nccc2ccc(NC34CCC(CNc5ncccn5)(CC3)CC4)nc12. The molecule has 3 aliphatic rings. The second-order valence-electron chi connectivity index (χ2n) is 8.20. The highest BCUT2D eigenvalue weighted by Crippen LogP contribution is 2.53. The molecule has 3 aliphatic carbocycles. The van der Waals surface area contributed by atoms with Crippen LogP contribution < -0.4 is 10.6 Å². The lowest BCUT2D eigenvalue weighted by molar-refractivity contribution is 0.0664. The summed E-state index contributed by atoms with van der Waals surface area (Å²) in [6.45, 7) is 0.947. The quantitative estimate of drug-likeness (QED) is 0.611. The molecule has 3 fully saturated rings. The third-order valence-corrected chi connectivity index (χ3v) is 6.82. The summed E-state index contributed by atoms with van der Waals surface area (Å²) in [5, 5.41) is 8.67. The van der Waals surface area contributed by atoms with Crippen molar-refractivity contribution in [2.45, 2.75) is 44.1 Å². The maximum absolute atomic E-state index is 6.23. The second-order valence-corrected chi connectivity index (χ2v) is 8.56. The van der Waals surface area contributed by atoms with Crippen LogP contribution in [0.4, 0.5) is 11.8 Å². The summed E-state index contributed by atoms with van der Waals surface area (Å²) in [5.41, 5.74) is 1.26. The largest absolute Gasteiger partial charge is 0.365 e. The molecule has 3 aromatic rings. The Kier molecular flexibility index (Phi) is 4.31. The van der Waals surface area contributed by atoms with E-state index >= 15 is 0 Å². The Labute approximate surface area is 169 Å². The molecule has 3 heterocycles. The Hall–Kier alpha value is -2.47. The lowest BCUT2D eigenvalue weighted by atomic mass is 9.57. The van der Waals surface area contributed by atoms with Crippen LogP contribution in [0, 0.1) is 5.41 Å². The van der Waals surface area contributed by atoms with Gasteiger partial charge in [0.1, 0.15) is 11.3 Å². The van der Waals surface area contributed by atoms with Crippen LogP contribution in [-0.4, -0.2) is 32.0 Å². The third-order valence-electron chi connectivity index (χ3n) is 6.55. The van der Waals surface area contributed by atoms with E-state index in [2.05, 4.69) is 37.7 Å². The van der Waals surface area contributed by atoms with E-state index in [1.54, 1.807) is 18.6 Å². The maximum Gasteiger partial charge on any atom is 0.222 e. The van der Waals surface area contributed by atoms with Gasteiger partial charge in [-0.1, -0.05) is 11.6 Å². The van der Waals surface area contributed by atoms with Crippen LogP contribution in [0.1, 0.15) is 38.5 Å². The standard InChI is InChI=1S/C21H23ClN6/c22-18-17-15(4-13-23-18)2-3-16(27-17)28-21-8-5-20(6-9-21,7-10-21)14-26-19-24-11-1-12-25-19/h1-4,11-13H,5-10,14H2,(H,27,28)(H,24,25,26). The molecule has 144 valence electrons. The molecule has 0 atom stereocenters. The van der Waals surface area contributed by atoms with Crippen molar-refractivity contribution in [1.82, 2.24) is 19.9 Å². The molecule has 7 heteroatoms. The average Bonchev–Trinajstić information content (AvgIpc) is 2.75. The maximum atomic E-state index is 6.23. The zero-order chi connectivity index (χ0) is 19.0. The summed E-state index contributed by atoms with van der Waals surface area (Å²) in [7, 11) is 0. The molecule has 0 spiro atoms. The molecule has 3 aromatic heterocycles.